The van der Waals surface area contributed by atoms with Crippen LogP contribution in [0.4, 0.5) is 0 Å². The summed E-state index contributed by atoms with van der Waals surface area (Å²) in [5.74, 6) is -0.727. The third-order valence-corrected chi connectivity index (χ3v) is 2.46. The quantitative estimate of drug-likeness (QED) is 0.820. The van der Waals surface area contributed by atoms with Gasteiger partial charge in [-0.2, -0.15) is 0 Å². The molecule has 6 heteroatoms. The molecule has 0 aliphatic heterocycles. The van der Waals surface area contributed by atoms with Crippen molar-refractivity contribution in [1.29, 1.82) is 0 Å². The highest BCUT2D eigenvalue weighted by Gasteiger charge is 2.17. The zero-order valence-electron chi connectivity index (χ0n) is 11.6. The van der Waals surface area contributed by atoms with Gasteiger partial charge in [0.05, 0.1) is 6.54 Å². The molecule has 0 aromatic carbocycles. The van der Waals surface area contributed by atoms with Crippen LogP contribution < -0.4 is 10.7 Å². The van der Waals surface area contributed by atoms with Crippen molar-refractivity contribution >= 4 is 11.8 Å². The molecule has 0 spiro atoms. The van der Waals surface area contributed by atoms with E-state index in [2.05, 4.69) is 10.3 Å². The summed E-state index contributed by atoms with van der Waals surface area (Å²) < 4.78 is 0. The first-order chi connectivity index (χ1) is 8.81. The van der Waals surface area contributed by atoms with E-state index in [1.807, 2.05) is 13.8 Å². The van der Waals surface area contributed by atoms with Crippen LogP contribution in [0.3, 0.4) is 0 Å². The van der Waals surface area contributed by atoms with Gasteiger partial charge in [0.15, 0.2) is 5.43 Å². The Hall–Kier alpha value is -2.11. The predicted octanol–water partition coefficient (Wildman–Crippen LogP) is 0.280. The molecule has 0 atom stereocenters. The molecule has 1 aromatic rings. The van der Waals surface area contributed by atoms with Crippen molar-refractivity contribution in [3.05, 3.63) is 33.7 Å². The maximum Gasteiger partial charge on any atom is 0.259 e. The van der Waals surface area contributed by atoms with Gasteiger partial charge in [-0.3, -0.25) is 14.4 Å². The number of carbonyl (C=O) groups excluding carboxylic acids is 2. The summed E-state index contributed by atoms with van der Waals surface area (Å²) in [5, 5.41) is 2.68. The lowest BCUT2D eigenvalue weighted by atomic mass is 10.2. The van der Waals surface area contributed by atoms with Gasteiger partial charge in [0, 0.05) is 31.0 Å². The molecule has 0 aliphatic carbocycles. The van der Waals surface area contributed by atoms with Gasteiger partial charge in [0.1, 0.15) is 5.56 Å². The lowest BCUT2D eigenvalue weighted by molar-refractivity contribution is -0.122. The molecule has 0 aliphatic rings. The van der Waals surface area contributed by atoms with Gasteiger partial charge in [-0.05, 0) is 20.8 Å². The molecule has 1 aromatic heterocycles. The molecule has 2 N–H and O–H groups in total. The summed E-state index contributed by atoms with van der Waals surface area (Å²) >= 11 is 0. The number of pyridine rings is 1. The molecule has 1 heterocycles. The number of aromatic amines is 1. The minimum absolute atomic E-state index is 0.0128. The second kappa shape index (κ2) is 6.17. The zero-order chi connectivity index (χ0) is 14.6. The first-order valence-corrected chi connectivity index (χ1v) is 6.05. The van der Waals surface area contributed by atoms with Gasteiger partial charge in [0.25, 0.3) is 5.91 Å². The normalized spacial score (nSPS) is 10.4. The molecule has 1 rings (SSSR count). The number of carbonyl (C=O) groups is 2. The van der Waals surface area contributed by atoms with E-state index in [0.29, 0.717) is 5.69 Å². The number of hydrogen-bond donors (Lipinski definition) is 2. The number of H-pyrrole nitrogens is 1. The SMILES string of the molecule is Cc1cc(=O)c(C(=O)N(C)CC(=O)NC(C)C)c[nH]1. The number of nitrogens with zero attached hydrogens (tertiary/aromatic N) is 1. The monoisotopic (exact) mass is 265 g/mol. The van der Waals surface area contributed by atoms with Crippen LogP contribution in [0.2, 0.25) is 0 Å². The largest absolute Gasteiger partial charge is 0.364 e. The van der Waals surface area contributed by atoms with Crippen LogP contribution in [-0.4, -0.2) is 41.3 Å². The Morgan fingerprint density at radius 3 is 2.58 bits per heavy atom. The number of hydrogen-bond acceptors (Lipinski definition) is 3. The van der Waals surface area contributed by atoms with Crippen molar-refractivity contribution < 1.29 is 9.59 Å². The Bertz CT molecular complexity index is 534. The average molecular weight is 265 g/mol. The number of rotatable bonds is 4. The number of aryl methyl sites for hydroxylation is 1. The molecule has 0 saturated heterocycles. The van der Waals surface area contributed by atoms with Crippen LogP contribution in [0.5, 0.6) is 0 Å². The summed E-state index contributed by atoms with van der Waals surface area (Å²) in [6, 6.07) is 1.37. The molecule has 19 heavy (non-hydrogen) atoms. The molecule has 104 valence electrons. The van der Waals surface area contributed by atoms with E-state index >= 15 is 0 Å². The third-order valence-electron chi connectivity index (χ3n) is 2.46. The molecule has 0 fully saturated rings. The fraction of sp³-hybridized carbons (Fsp3) is 0.462. The predicted molar refractivity (Wildman–Crippen MR) is 72.0 cm³/mol. The average Bonchev–Trinajstić information content (AvgIpc) is 2.26. The van der Waals surface area contributed by atoms with E-state index in [4.69, 9.17) is 0 Å². The maximum atomic E-state index is 12.0. The number of nitrogens with one attached hydrogen (secondary N) is 2. The van der Waals surface area contributed by atoms with Crippen LogP contribution in [0.1, 0.15) is 29.9 Å². The maximum absolute atomic E-state index is 12.0. The van der Waals surface area contributed by atoms with Gasteiger partial charge in [-0.15, -0.1) is 0 Å². The Labute approximate surface area is 111 Å². The van der Waals surface area contributed by atoms with Crippen molar-refractivity contribution in [2.24, 2.45) is 0 Å². The van der Waals surface area contributed by atoms with Crippen molar-refractivity contribution in [3.8, 4) is 0 Å². The minimum Gasteiger partial charge on any atom is -0.364 e. The smallest absolute Gasteiger partial charge is 0.259 e. The first-order valence-electron chi connectivity index (χ1n) is 6.05. The summed E-state index contributed by atoms with van der Waals surface area (Å²) in [7, 11) is 1.49. The van der Waals surface area contributed by atoms with E-state index in [-0.39, 0.29) is 29.5 Å². The molecule has 0 unspecified atom stereocenters. The number of amides is 2. The molecule has 0 bridgehead atoms. The fourth-order valence-corrected chi connectivity index (χ4v) is 1.60. The van der Waals surface area contributed by atoms with Crippen molar-refractivity contribution in [2.45, 2.75) is 26.8 Å². The van der Waals surface area contributed by atoms with Crippen LogP contribution in [0.25, 0.3) is 0 Å². The van der Waals surface area contributed by atoms with E-state index in [1.54, 1.807) is 6.92 Å². The van der Waals surface area contributed by atoms with E-state index in [1.165, 1.54) is 24.2 Å². The van der Waals surface area contributed by atoms with Crippen LogP contribution in [0, 0.1) is 6.92 Å². The molecule has 2 amide bonds. The Morgan fingerprint density at radius 1 is 1.42 bits per heavy atom. The zero-order valence-corrected chi connectivity index (χ0v) is 11.6. The Kier molecular flexibility index (Phi) is 4.86. The highest BCUT2D eigenvalue weighted by atomic mass is 16.2. The molecule has 6 nitrogen and oxygen atoms in total. The standard InChI is InChI=1S/C13H19N3O3/c1-8(2)15-12(18)7-16(4)13(19)10-6-14-9(3)5-11(10)17/h5-6,8H,7H2,1-4H3,(H,14,17)(H,15,18). The summed E-state index contributed by atoms with van der Waals surface area (Å²) in [6.07, 6.45) is 1.37. The van der Waals surface area contributed by atoms with Crippen molar-refractivity contribution in [1.82, 2.24) is 15.2 Å². The van der Waals surface area contributed by atoms with Gasteiger partial charge < -0.3 is 15.2 Å². The highest BCUT2D eigenvalue weighted by molar-refractivity contribution is 5.96. The van der Waals surface area contributed by atoms with Crippen molar-refractivity contribution in [3.63, 3.8) is 0 Å². The second-order valence-electron chi connectivity index (χ2n) is 4.78. The lowest BCUT2D eigenvalue weighted by Gasteiger charge is -2.17. The highest BCUT2D eigenvalue weighted by Crippen LogP contribution is 1.98. The third kappa shape index (κ3) is 4.24. The van der Waals surface area contributed by atoms with E-state index in [9.17, 15) is 14.4 Å². The minimum atomic E-state index is -0.472. The van der Waals surface area contributed by atoms with E-state index < -0.39 is 5.91 Å². The van der Waals surface area contributed by atoms with Crippen LogP contribution in [-0.2, 0) is 4.79 Å². The van der Waals surface area contributed by atoms with Gasteiger partial charge in [0.2, 0.25) is 5.91 Å². The second-order valence-corrected chi connectivity index (χ2v) is 4.78. The van der Waals surface area contributed by atoms with Gasteiger partial charge in [-0.25, -0.2) is 0 Å². The number of aromatic nitrogens is 1. The van der Waals surface area contributed by atoms with Crippen LogP contribution >= 0.6 is 0 Å². The Morgan fingerprint density at radius 2 is 2.05 bits per heavy atom. The lowest BCUT2D eigenvalue weighted by Crippen LogP contribution is -2.41. The van der Waals surface area contributed by atoms with E-state index in [0.717, 1.165) is 0 Å². The van der Waals surface area contributed by atoms with Gasteiger partial charge in [-0.1, -0.05) is 0 Å². The summed E-state index contributed by atoms with van der Waals surface area (Å²) in [6.45, 7) is 5.33. The summed E-state index contributed by atoms with van der Waals surface area (Å²) in [4.78, 5) is 39.3. The Balaban J connectivity index is 2.77. The topological polar surface area (TPSA) is 82.3 Å². The number of likely N-dealkylation sites (N-methyl/N-ethyl adjacent to an activating group) is 1. The van der Waals surface area contributed by atoms with Gasteiger partial charge >= 0.3 is 0 Å². The molecular formula is C13H19N3O3. The fourth-order valence-electron chi connectivity index (χ4n) is 1.60. The molecular weight excluding hydrogens is 246 g/mol. The van der Waals surface area contributed by atoms with Crippen LogP contribution in [0.15, 0.2) is 17.1 Å². The molecule has 0 radical (unpaired) electrons. The molecule has 0 saturated carbocycles. The first kappa shape index (κ1) is 14.9. The van der Waals surface area contributed by atoms with Crippen molar-refractivity contribution in [2.75, 3.05) is 13.6 Å². The summed E-state index contributed by atoms with van der Waals surface area (Å²) in [5.41, 5.74) is 0.365.